The van der Waals surface area contributed by atoms with Gasteiger partial charge >= 0.3 is 6.18 Å². The number of fused-ring (bicyclic) bond motifs is 1. The van der Waals surface area contributed by atoms with Gasteiger partial charge in [-0.25, -0.2) is 8.78 Å². The number of hydrogen-bond acceptors (Lipinski definition) is 4. The molecule has 1 saturated carbocycles. The molecule has 200 valence electrons. The number of halogens is 6. The van der Waals surface area contributed by atoms with Crippen molar-refractivity contribution in [3.05, 3.63) is 93.0 Å². The molecule has 12 heteroatoms. The Morgan fingerprint density at radius 3 is 2.51 bits per heavy atom. The van der Waals surface area contributed by atoms with Gasteiger partial charge in [0.15, 0.2) is 0 Å². The molecule has 6 nitrogen and oxygen atoms in total. The smallest absolute Gasteiger partial charge is 0.383 e. The first-order valence-corrected chi connectivity index (χ1v) is 12.0. The molecule has 3 aromatic carbocycles. The summed E-state index contributed by atoms with van der Waals surface area (Å²) < 4.78 is 67.7. The van der Waals surface area contributed by atoms with Crippen molar-refractivity contribution in [3.63, 3.8) is 0 Å². The van der Waals surface area contributed by atoms with Crippen LogP contribution in [-0.4, -0.2) is 18.4 Å². The monoisotopic (exact) mass is 560 g/mol. The molecule has 1 heterocycles. The van der Waals surface area contributed by atoms with E-state index in [2.05, 4.69) is 22.0 Å². The van der Waals surface area contributed by atoms with Crippen LogP contribution < -0.4 is 16.0 Å². The summed E-state index contributed by atoms with van der Waals surface area (Å²) in [6.07, 6.45) is -3.52. The standard InChI is InChI=1S/C27H18ClF5N4O2/c28-20-2-1-15(29)8-18(20)23-22-19(25(39)37-23)9-17(35-12-26(11-34)3-4-26)10-21(22)36-24(38)13-5-14(27(31,32)33)7-16(30)6-13/h1-2,5-10,23,35H,3-4,12H2,(H,36,38)(H,37,39)/t23-/m0/s1. The molecule has 0 unspecified atom stereocenters. The van der Waals surface area contributed by atoms with Crippen LogP contribution >= 0.6 is 11.6 Å². The minimum absolute atomic E-state index is 0.00306. The highest BCUT2D eigenvalue weighted by Crippen LogP contribution is 2.46. The minimum Gasteiger partial charge on any atom is -0.383 e. The van der Waals surface area contributed by atoms with E-state index in [1.807, 2.05) is 0 Å². The first kappa shape index (κ1) is 26.4. The highest BCUT2D eigenvalue weighted by Gasteiger charge is 2.43. The summed E-state index contributed by atoms with van der Waals surface area (Å²) in [5, 5.41) is 17.7. The Kier molecular flexibility index (Phi) is 6.47. The Bertz CT molecular complexity index is 1560. The van der Waals surface area contributed by atoms with E-state index in [4.69, 9.17) is 11.6 Å². The molecule has 0 radical (unpaired) electrons. The lowest BCUT2D eigenvalue weighted by Gasteiger charge is -2.20. The molecule has 3 N–H and O–H groups in total. The molecule has 0 spiro atoms. The first-order valence-electron chi connectivity index (χ1n) is 11.7. The highest BCUT2D eigenvalue weighted by molar-refractivity contribution is 6.31. The molecule has 3 aromatic rings. The minimum atomic E-state index is -4.89. The highest BCUT2D eigenvalue weighted by atomic mass is 35.5. The number of alkyl halides is 3. The summed E-state index contributed by atoms with van der Waals surface area (Å²) in [7, 11) is 0. The maximum atomic E-state index is 14.1. The van der Waals surface area contributed by atoms with Gasteiger partial charge in [-0.05, 0) is 61.4 Å². The quantitative estimate of drug-likeness (QED) is 0.303. The number of carbonyl (C=O) groups excluding carboxylic acids is 2. The first-order chi connectivity index (χ1) is 18.4. The number of anilines is 2. The summed E-state index contributed by atoms with van der Waals surface area (Å²) in [6, 6.07) is 9.13. The van der Waals surface area contributed by atoms with Gasteiger partial charge < -0.3 is 16.0 Å². The van der Waals surface area contributed by atoms with Crippen molar-refractivity contribution in [2.75, 3.05) is 17.2 Å². The van der Waals surface area contributed by atoms with Crippen LogP contribution in [0.2, 0.25) is 5.02 Å². The van der Waals surface area contributed by atoms with Crippen LogP contribution in [-0.2, 0) is 6.18 Å². The lowest BCUT2D eigenvalue weighted by atomic mass is 9.95. The third-order valence-electron chi connectivity index (χ3n) is 6.71. The van der Waals surface area contributed by atoms with Gasteiger partial charge in [-0.3, -0.25) is 9.59 Å². The van der Waals surface area contributed by atoms with E-state index in [1.165, 1.54) is 18.2 Å². The van der Waals surface area contributed by atoms with Crippen LogP contribution in [0.3, 0.4) is 0 Å². The molecule has 0 bridgehead atoms. The van der Waals surface area contributed by atoms with Crippen LogP contribution in [0.5, 0.6) is 0 Å². The number of hydrogen-bond donors (Lipinski definition) is 3. The Balaban J connectivity index is 1.58. The Morgan fingerprint density at radius 1 is 1.10 bits per heavy atom. The average Bonchev–Trinajstić information content (AvgIpc) is 3.59. The van der Waals surface area contributed by atoms with Crippen LogP contribution in [0.1, 0.15) is 56.3 Å². The summed E-state index contributed by atoms with van der Waals surface area (Å²) in [5.41, 5.74) is -1.68. The summed E-state index contributed by atoms with van der Waals surface area (Å²) in [5.74, 6) is -3.53. The Morgan fingerprint density at radius 2 is 1.85 bits per heavy atom. The Hall–Kier alpha value is -4.17. The van der Waals surface area contributed by atoms with E-state index in [0.717, 1.165) is 12.1 Å². The number of carbonyl (C=O) groups is 2. The molecule has 5 rings (SSSR count). The summed E-state index contributed by atoms with van der Waals surface area (Å²) in [4.78, 5) is 26.0. The summed E-state index contributed by atoms with van der Waals surface area (Å²) >= 11 is 6.28. The molecular formula is C27H18ClF5N4O2. The molecule has 2 aliphatic rings. The number of nitriles is 1. The maximum Gasteiger partial charge on any atom is 0.416 e. The largest absolute Gasteiger partial charge is 0.416 e. The SMILES string of the molecule is N#CC1(CNc2cc(NC(=O)c3cc(F)cc(C(F)(F)F)c3)c3c(c2)C(=O)N[C@H]3c2cc(F)ccc2Cl)CC1. The molecule has 0 aromatic heterocycles. The molecule has 0 saturated heterocycles. The van der Waals surface area contributed by atoms with Crippen molar-refractivity contribution in [2.45, 2.75) is 25.1 Å². The number of nitrogens with zero attached hydrogens (tertiary/aromatic N) is 1. The average molecular weight is 561 g/mol. The van der Waals surface area contributed by atoms with Gasteiger partial charge in [-0.1, -0.05) is 11.6 Å². The molecule has 39 heavy (non-hydrogen) atoms. The van der Waals surface area contributed by atoms with Crippen molar-refractivity contribution in [3.8, 4) is 6.07 Å². The normalized spacial score (nSPS) is 17.2. The zero-order valence-electron chi connectivity index (χ0n) is 19.8. The van der Waals surface area contributed by atoms with Gasteiger partial charge in [0, 0.05) is 45.2 Å². The third-order valence-corrected chi connectivity index (χ3v) is 7.06. The zero-order chi connectivity index (χ0) is 28.1. The van der Waals surface area contributed by atoms with Gasteiger partial charge in [0.2, 0.25) is 0 Å². The fourth-order valence-electron chi connectivity index (χ4n) is 4.44. The predicted octanol–water partition coefficient (Wildman–Crippen LogP) is 6.44. The van der Waals surface area contributed by atoms with Gasteiger partial charge in [-0.2, -0.15) is 18.4 Å². The fourth-order valence-corrected chi connectivity index (χ4v) is 4.66. The zero-order valence-corrected chi connectivity index (χ0v) is 20.6. The predicted molar refractivity (Wildman–Crippen MR) is 132 cm³/mol. The van der Waals surface area contributed by atoms with E-state index < -0.39 is 52.2 Å². The van der Waals surface area contributed by atoms with Crippen LogP contribution in [0.15, 0.2) is 48.5 Å². The van der Waals surface area contributed by atoms with Crippen molar-refractivity contribution in [1.82, 2.24) is 5.32 Å². The van der Waals surface area contributed by atoms with Gasteiger partial charge in [0.25, 0.3) is 11.8 Å². The molecule has 1 aliphatic heterocycles. The van der Waals surface area contributed by atoms with Gasteiger partial charge in [0.05, 0.1) is 23.1 Å². The second-order valence-electron chi connectivity index (χ2n) is 9.48. The van der Waals surface area contributed by atoms with Gasteiger partial charge in [-0.15, -0.1) is 0 Å². The van der Waals surface area contributed by atoms with Crippen LogP contribution in [0, 0.1) is 28.4 Å². The van der Waals surface area contributed by atoms with Crippen LogP contribution in [0.4, 0.5) is 33.3 Å². The van der Waals surface area contributed by atoms with Crippen molar-refractivity contribution >= 4 is 34.8 Å². The van der Waals surface area contributed by atoms with E-state index in [0.29, 0.717) is 30.7 Å². The molecular weight excluding hydrogens is 543 g/mol. The number of nitrogens with one attached hydrogen (secondary N) is 3. The van der Waals surface area contributed by atoms with Crippen molar-refractivity contribution in [1.29, 1.82) is 5.26 Å². The Labute approximate surface area is 223 Å². The number of amides is 2. The second-order valence-corrected chi connectivity index (χ2v) is 9.89. The van der Waals surface area contributed by atoms with Crippen molar-refractivity contribution in [2.24, 2.45) is 5.41 Å². The molecule has 1 aliphatic carbocycles. The van der Waals surface area contributed by atoms with E-state index in [-0.39, 0.29) is 40.0 Å². The maximum absolute atomic E-state index is 14.1. The lowest BCUT2D eigenvalue weighted by molar-refractivity contribution is -0.137. The topological polar surface area (TPSA) is 94.0 Å². The third kappa shape index (κ3) is 5.25. The summed E-state index contributed by atoms with van der Waals surface area (Å²) in [6.45, 7) is 0.259. The molecule has 1 atom stereocenters. The molecule has 2 amide bonds. The van der Waals surface area contributed by atoms with Crippen molar-refractivity contribution < 1.29 is 31.5 Å². The second kappa shape index (κ2) is 9.54. The number of benzene rings is 3. The molecule has 1 fully saturated rings. The van der Waals surface area contributed by atoms with E-state index >= 15 is 0 Å². The van der Waals surface area contributed by atoms with Gasteiger partial charge in [0.1, 0.15) is 11.6 Å². The lowest BCUT2D eigenvalue weighted by Crippen LogP contribution is -2.21. The fraction of sp³-hybridized carbons (Fsp3) is 0.222. The van der Waals surface area contributed by atoms with Crippen LogP contribution in [0.25, 0.3) is 0 Å². The number of rotatable bonds is 6. The van der Waals surface area contributed by atoms with E-state index in [1.54, 1.807) is 0 Å². The van der Waals surface area contributed by atoms with E-state index in [9.17, 15) is 36.8 Å².